The lowest BCUT2D eigenvalue weighted by atomic mass is 10.3. The van der Waals surface area contributed by atoms with E-state index in [1.807, 2.05) is 12.1 Å². The van der Waals surface area contributed by atoms with E-state index < -0.39 is 17.9 Å². The van der Waals surface area contributed by atoms with Gasteiger partial charge < -0.3 is 15.4 Å². The highest BCUT2D eigenvalue weighted by Gasteiger charge is 2.17. The molecule has 1 amide bonds. The maximum atomic E-state index is 11.7. The quantitative estimate of drug-likeness (QED) is 0.729. The molecule has 2 aromatic rings. The van der Waals surface area contributed by atoms with E-state index >= 15 is 0 Å². The zero-order valence-electron chi connectivity index (χ0n) is 9.10. The molecular weight excluding hydrogens is 222 g/mol. The Balaban J connectivity index is 2.22. The van der Waals surface area contributed by atoms with E-state index in [9.17, 15) is 9.59 Å². The molecule has 1 heterocycles. The van der Waals surface area contributed by atoms with Gasteiger partial charge in [0.05, 0.1) is 11.0 Å². The predicted molar refractivity (Wildman–Crippen MR) is 60.7 cm³/mol. The predicted octanol–water partition coefficient (Wildman–Crippen LogP) is 0.766. The van der Waals surface area contributed by atoms with Gasteiger partial charge in [-0.2, -0.15) is 0 Å². The number of benzene rings is 1. The molecule has 1 atom stereocenters. The highest BCUT2D eigenvalue weighted by Crippen LogP contribution is 2.10. The van der Waals surface area contributed by atoms with Crippen LogP contribution in [0.25, 0.3) is 11.0 Å². The van der Waals surface area contributed by atoms with E-state index in [4.69, 9.17) is 5.11 Å². The smallest absolute Gasteiger partial charge is 0.325 e. The van der Waals surface area contributed by atoms with Crippen LogP contribution in [0.3, 0.4) is 0 Å². The van der Waals surface area contributed by atoms with E-state index in [0.29, 0.717) is 5.52 Å². The van der Waals surface area contributed by atoms with Crippen molar-refractivity contribution in [1.29, 1.82) is 0 Å². The second-order valence-electron chi connectivity index (χ2n) is 3.64. The van der Waals surface area contributed by atoms with E-state index in [0.717, 1.165) is 5.52 Å². The Morgan fingerprint density at radius 1 is 1.41 bits per heavy atom. The number of hydrogen-bond acceptors (Lipinski definition) is 3. The van der Waals surface area contributed by atoms with Gasteiger partial charge in [0.1, 0.15) is 6.04 Å². The number of carbonyl (C=O) groups is 2. The number of aliphatic carboxylic acids is 1. The summed E-state index contributed by atoms with van der Waals surface area (Å²) in [6.07, 6.45) is 0. The molecule has 1 aromatic carbocycles. The van der Waals surface area contributed by atoms with Crippen molar-refractivity contribution in [3.63, 3.8) is 0 Å². The molecule has 0 fully saturated rings. The molecule has 2 rings (SSSR count). The first-order valence-electron chi connectivity index (χ1n) is 5.06. The van der Waals surface area contributed by atoms with E-state index in [2.05, 4.69) is 15.3 Å². The maximum absolute atomic E-state index is 11.7. The van der Waals surface area contributed by atoms with Crippen LogP contribution in [-0.2, 0) is 4.79 Å². The van der Waals surface area contributed by atoms with Gasteiger partial charge in [-0.3, -0.25) is 9.59 Å². The SMILES string of the molecule is C[C@@H](NC(=O)c1nc2ccccc2[nH]1)C(=O)O. The highest BCUT2D eigenvalue weighted by atomic mass is 16.4. The first-order valence-corrected chi connectivity index (χ1v) is 5.06. The average molecular weight is 233 g/mol. The van der Waals surface area contributed by atoms with Crippen molar-refractivity contribution in [2.24, 2.45) is 0 Å². The van der Waals surface area contributed by atoms with Crippen LogP contribution in [0.1, 0.15) is 17.5 Å². The Labute approximate surface area is 96.7 Å². The van der Waals surface area contributed by atoms with Gasteiger partial charge in [-0.15, -0.1) is 0 Å². The third-order valence-electron chi connectivity index (χ3n) is 2.32. The standard InChI is InChI=1S/C11H11N3O3/c1-6(11(16)17)12-10(15)9-13-7-4-2-3-5-8(7)14-9/h2-6H,1H3,(H,12,15)(H,13,14)(H,16,17)/t6-/m1/s1. The summed E-state index contributed by atoms with van der Waals surface area (Å²) >= 11 is 0. The minimum absolute atomic E-state index is 0.110. The minimum Gasteiger partial charge on any atom is -0.480 e. The molecule has 6 nitrogen and oxygen atoms in total. The molecule has 0 radical (unpaired) electrons. The number of fused-ring (bicyclic) bond motifs is 1. The van der Waals surface area contributed by atoms with Crippen molar-refractivity contribution in [2.75, 3.05) is 0 Å². The van der Waals surface area contributed by atoms with Crippen molar-refractivity contribution in [3.8, 4) is 0 Å². The van der Waals surface area contributed by atoms with Crippen LogP contribution in [0.4, 0.5) is 0 Å². The Morgan fingerprint density at radius 2 is 2.12 bits per heavy atom. The lowest BCUT2D eigenvalue weighted by Gasteiger charge is -2.06. The Hall–Kier alpha value is -2.37. The molecule has 0 aliphatic heterocycles. The number of amides is 1. The van der Waals surface area contributed by atoms with E-state index in [-0.39, 0.29) is 5.82 Å². The largest absolute Gasteiger partial charge is 0.480 e. The summed E-state index contributed by atoms with van der Waals surface area (Å²) in [5.74, 6) is -1.51. The second-order valence-corrected chi connectivity index (χ2v) is 3.64. The number of carbonyl (C=O) groups excluding carboxylic acids is 1. The molecule has 0 aliphatic carbocycles. The number of nitrogens with zero attached hydrogens (tertiary/aromatic N) is 1. The number of carboxylic acids is 1. The fourth-order valence-electron chi connectivity index (χ4n) is 1.39. The fourth-order valence-corrected chi connectivity index (χ4v) is 1.39. The van der Waals surface area contributed by atoms with Gasteiger partial charge in [0.2, 0.25) is 0 Å². The van der Waals surface area contributed by atoms with Crippen LogP contribution in [0, 0.1) is 0 Å². The monoisotopic (exact) mass is 233 g/mol. The summed E-state index contributed by atoms with van der Waals surface area (Å²) in [6, 6.07) is 6.24. The number of H-pyrrole nitrogens is 1. The van der Waals surface area contributed by atoms with Crippen molar-refractivity contribution in [1.82, 2.24) is 15.3 Å². The summed E-state index contributed by atoms with van der Waals surface area (Å²) in [7, 11) is 0. The number of imidazole rings is 1. The highest BCUT2D eigenvalue weighted by molar-refractivity contribution is 5.96. The molecule has 1 aromatic heterocycles. The minimum atomic E-state index is -1.09. The first kappa shape index (κ1) is 11.1. The lowest BCUT2D eigenvalue weighted by Crippen LogP contribution is -2.38. The van der Waals surface area contributed by atoms with Gasteiger partial charge in [0, 0.05) is 0 Å². The number of rotatable bonds is 3. The van der Waals surface area contributed by atoms with Crippen LogP contribution in [0.15, 0.2) is 24.3 Å². The van der Waals surface area contributed by atoms with Crippen LogP contribution >= 0.6 is 0 Å². The van der Waals surface area contributed by atoms with Crippen LogP contribution in [0.2, 0.25) is 0 Å². The maximum Gasteiger partial charge on any atom is 0.325 e. The molecule has 17 heavy (non-hydrogen) atoms. The van der Waals surface area contributed by atoms with E-state index in [1.165, 1.54) is 6.92 Å². The summed E-state index contributed by atoms with van der Waals surface area (Å²) in [5.41, 5.74) is 1.40. The zero-order chi connectivity index (χ0) is 12.4. The van der Waals surface area contributed by atoms with Gasteiger partial charge in [0.15, 0.2) is 5.82 Å². The average Bonchev–Trinajstić information content (AvgIpc) is 2.72. The molecule has 6 heteroatoms. The van der Waals surface area contributed by atoms with Gasteiger partial charge >= 0.3 is 5.97 Å². The first-order chi connectivity index (χ1) is 8.08. The molecular formula is C11H11N3O3. The molecule has 0 saturated carbocycles. The molecule has 0 spiro atoms. The number of hydrogen-bond donors (Lipinski definition) is 3. The zero-order valence-corrected chi connectivity index (χ0v) is 9.10. The van der Waals surface area contributed by atoms with Crippen LogP contribution < -0.4 is 5.32 Å². The normalized spacial score (nSPS) is 12.3. The van der Waals surface area contributed by atoms with E-state index in [1.54, 1.807) is 12.1 Å². The molecule has 88 valence electrons. The van der Waals surface area contributed by atoms with Gasteiger partial charge in [-0.25, -0.2) is 4.98 Å². The lowest BCUT2D eigenvalue weighted by molar-refractivity contribution is -0.138. The fraction of sp³-hybridized carbons (Fsp3) is 0.182. The number of para-hydroxylation sites is 2. The van der Waals surface area contributed by atoms with Crippen molar-refractivity contribution >= 4 is 22.9 Å². The Bertz CT molecular complexity index is 543. The number of nitrogens with one attached hydrogen (secondary N) is 2. The molecule has 0 aliphatic rings. The summed E-state index contributed by atoms with van der Waals surface area (Å²) < 4.78 is 0. The summed E-state index contributed by atoms with van der Waals surface area (Å²) in [4.78, 5) is 29.1. The Kier molecular flexibility index (Phi) is 2.78. The Morgan fingerprint density at radius 3 is 2.76 bits per heavy atom. The number of aromatic nitrogens is 2. The van der Waals surface area contributed by atoms with Gasteiger partial charge in [-0.05, 0) is 19.1 Å². The van der Waals surface area contributed by atoms with Crippen molar-refractivity contribution in [2.45, 2.75) is 13.0 Å². The topological polar surface area (TPSA) is 95.1 Å². The third kappa shape index (κ3) is 2.25. The van der Waals surface area contributed by atoms with Gasteiger partial charge in [0.25, 0.3) is 5.91 Å². The molecule has 0 saturated heterocycles. The van der Waals surface area contributed by atoms with Crippen molar-refractivity contribution < 1.29 is 14.7 Å². The molecule has 0 unspecified atom stereocenters. The van der Waals surface area contributed by atoms with Crippen LogP contribution in [-0.4, -0.2) is 33.0 Å². The third-order valence-corrected chi connectivity index (χ3v) is 2.32. The van der Waals surface area contributed by atoms with Crippen molar-refractivity contribution in [3.05, 3.63) is 30.1 Å². The van der Waals surface area contributed by atoms with Gasteiger partial charge in [-0.1, -0.05) is 12.1 Å². The molecule has 0 bridgehead atoms. The molecule has 3 N–H and O–H groups in total. The second kappa shape index (κ2) is 4.25. The van der Waals surface area contributed by atoms with Crippen LogP contribution in [0.5, 0.6) is 0 Å². The summed E-state index contributed by atoms with van der Waals surface area (Å²) in [6.45, 7) is 1.39. The number of carboxylic acid groups (broad SMARTS) is 1. The summed E-state index contributed by atoms with van der Waals surface area (Å²) in [5, 5.41) is 11.0. The number of aromatic amines is 1.